The molecule has 0 saturated heterocycles. The van der Waals surface area contributed by atoms with Crippen LogP contribution in [-0.4, -0.2) is 18.0 Å². The second-order valence-electron chi connectivity index (χ2n) is 2.59. The highest BCUT2D eigenvalue weighted by Gasteiger charge is 2.35. The molecule has 4 nitrogen and oxygen atoms in total. The summed E-state index contributed by atoms with van der Waals surface area (Å²) in [6.07, 6.45) is -4.86. The van der Waals surface area contributed by atoms with Crippen LogP contribution in [0, 0.1) is 0 Å². The van der Waals surface area contributed by atoms with Crippen molar-refractivity contribution in [3.05, 3.63) is 35.9 Å². The third-order valence-corrected chi connectivity index (χ3v) is 1.34. The van der Waals surface area contributed by atoms with Crippen molar-refractivity contribution in [2.75, 3.05) is 0 Å². The molecule has 2 amide bonds. The average molecular weight is 234 g/mol. The zero-order chi connectivity index (χ0) is 12.8. The summed E-state index contributed by atoms with van der Waals surface area (Å²) in [5.41, 5.74) is 9.33. The molecule has 0 saturated carbocycles. The lowest BCUT2D eigenvalue weighted by molar-refractivity contribution is -0.169. The summed E-state index contributed by atoms with van der Waals surface area (Å²) in [6, 6.07) is 8.76. The first kappa shape index (κ1) is 13.9. The summed E-state index contributed by atoms with van der Waals surface area (Å²) in [5.74, 6) is -2.64. The van der Waals surface area contributed by atoms with Gasteiger partial charge in [0.15, 0.2) is 0 Å². The maximum atomic E-state index is 10.7. The van der Waals surface area contributed by atoms with Crippen LogP contribution in [-0.2, 0) is 4.79 Å². The van der Waals surface area contributed by atoms with Crippen molar-refractivity contribution >= 4 is 11.8 Å². The number of carbonyl (C=O) groups is 2. The van der Waals surface area contributed by atoms with E-state index in [2.05, 4.69) is 5.73 Å². The second kappa shape index (κ2) is 5.74. The summed E-state index contributed by atoms with van der Waals surface area (Å²) in [6.45, 7) is 0. The Morgan fingerprint density at radius 3 is 1.56 bits per heavy atom. The van der Waals surface area contributed by atoms with Crippen LogP contribution in [0.15, 0.2) is 30.3 Å². The van der Waals surface area contributed by atoms with E-state index in [4.69, 9.17) is 10.5 Å². The van der Waals surface area contributed by atoms with Crippen LogP contribution in [0.25, 0.3) is 0 Å². The molecule has 7 heteroatoms. The van der Waals surface area contributed by atoms with E-state index >= 15 is 0 Å². The van der Waals surface area contributed by atoms with Crippen LogP contribution in [0.1, 0.15) is 10.4 Å². The third-order valence-electron chi connectivity index (χ3n) is 1.34. The first-order valence-corrected chi connectivity index (χ1v) is 3.96. The number of halogens is 3. The van der Waals surface area contributed by atoms with Crippen LogP contribution >= 0.6 is 0 Å². The van der Waals surface area contributed by atoms with E-state index < -0.39 is 12.1 Å². The zero-order valence-electron chi connectivity index (χ0n) is 7.99. The summed E-state index contributed by atoms with van der Waals surface area (Å²) in [7, 11) is 0. The highest BCUT2D eigenvalue weighted by Crippen LogP contribution is 2.11. The molecule has 0 unspecified atom stereocenters. The molecular formula is C9H9F3N2O2. The van der Waals surface area contributed by atoms with Crippen LogP contribution in [0.4, 0.5) is 13.2 Å². The first-order valence-electron chi connectivity index (χ1n) is 3.96. The highest BCUT2D eigenvalue weighted by atomic mass is 19.4. The fraction of sp³-hybridized carbons (Fsp3) is 0.111. The van der Waals surface area contributed by atoms with Gasteiger partial charge in [-0.1, -0.05) is 18.2 Å². The molecule has 1 aromatic rings. The summed E-state index contributed by atoms with van der Waals surface area (Å²) in [5, 5.41) is 0. The number of primary amides is 2. The molecule has 0 aliphatic heterocycles. The topological polar surface area (TPSA) is 86.2 Å². The number of amides is 2. The Balaban J connectivity index is 0.000000293. The van der Waals surface area contributed by atoms with Crippen LogP contribution in [0.2, 0.25) is 0 Å². The van der Waals surface area contributed by atoms with Gasteiger partial charge in [0.2, 0.25) is 5.91 Å². The van der Waals surface area contributed by atoms with Crippen molar-refractivity contribution in [3.63, 3.8) is 0 Å². The van der Waals surface area contributed by atoms with Gasteiger partial charge in [-0.05, 0) is 12.1 Å². The van der Waals surface area contributed by atoms with Gasteiger partial charge >= 0.3 is 12.1 Å². The number of hydrogen-bond donors (Lipinski definition) is 2. The molecule has 16 heavy (non-hydrogen) atoms. The fourth-order valence-corrected chi connectivity index (χ4v) is 0.602. The SMILES string of the molecule is NC(=O)C(F)(F)F.NC(=O)c1ccccc1. The summed E-state index contributed by atoms with van der Waals surface area (Å²) in [4.78, 5) is 19.5. The lowest BCUT2D eigenvalue weighted by Crippen LogP contribution is -2.30. The Labute approximate surface area is 89.0 Å². The average Bonchev–Trinajstić information content (AvgIpc) is 2.18. The van der Waals surface area contributed by atoms with Crippen molar-refractivity contribution in [1.82, 2.24) is 0 Å². The quantitative estimate of drug-likeness (QED) is 0.753. The van der Waals surface area contributed by atoms with Crippen LogP contribution < -0.4 is 11.5 Å². The summed E-state index contributed by atoms with van der Waals surface area (Å²) >= 11 is 0. The number of hydrogen-bond acceptors (Lipinski definition) is 2. The van der Waals surface area contributed by atoms with Gasteiger partial charge in [-0.3, -0.25) is 9.59 Å². The molecule has 0 fully saturated rings. The van der Waals surface area contributed by atoms with E-state index in [-0.39, 0.29) is 5.91 Å². The Hall–Kier alpha value is -2.05. The number of rotatable bonds is 1. The van der Waals surface area contributed by atoms with E-state index in [1.807, 2.05) is 6.07 Å². The van der Waals surface area contributed by atoms with Gasteiger partial charge in [-0.15, -0.1) is 0 Å². The predicted octanol–water partition coefficient (Wildman–Crippen LogP) is 0.820. The van der Waals surface area contributed by atoms with Crippen molar-refractivity contribution in [1.29, 1.82) is 0 Å². The Morgan fingerprint density at radius 1 is 1.00 bits per heavy atom. The molecular weight excluding hydrogens is 225 g/mol. The smallest absolute Gasteiger partial charge is 0.366 e. The minimum atomic E-state index is -4.86. The molecule has 1 rings (SSSR count). The highest BCUT2D eigenvalue weighted by molar-refractivity contribution is 5.92. The normalized spacial score (nSPS) is 9.94. The molecule has 4 N–H and O–H groups in total. The van der Waals surface area contributed by atoms with Crippen molar-refractivity contribution in [2.24, 2.45) is 11.5 Å². The van der Waals surface area contributed by atoms with Crippen LogP contribution in [0.3, 0.4) is 0 Å². The standard InChI is InChI=1S/C7H7NO.C2H2F3NO/c8-7(9)6-4-2-1-3-5-6;3-2(4,5)1(6)7/h1-5H,(H2,8,9);(H2,6,7). The molecule has 0 atom stereocenters. The molecule has 0 aromatic heterocycles. The molecule has 0 heterocycles. The Morgan fingerprint density at radius 2 is 1.38 bits per heavy atom. The first-order chi connectivity index (χ1) is 7.25. The molecule has 0 spiro atoms. The molecule has 0 bridgehead atoms. The fourth-order valence-electron chi connectivity index (χ4n) is 0.602. The molecule has 1 aromatic carbocycles. The number of alkyl halides is 3. The van der Waals surface area contributed by atoms with E-state index in [1.165, 1.54) is 0 Å². The monoisotopic (exact) mass is 234 g/mol. The van der Waals surface area contributed by atoms with Crippen molar-refractivity contribution in [2.45, 2.75) is 6.18 Å². The van der Waals surface area contributed by atoms with Gasteiger partial charge in [0.05, 0.1) is 0 Å². The Kier molecular flexibility index (Phi) is 5.00. The lowest BCUT2D eigenvalue weighted by Gasteiger charge is -1.95. The van der Waals surface area contributed by atoms with Crippen molar-refractivity contribution in [3.8, 4) is 0 Å². The molecule has 0 aliphatic carbocycles. The second-order valence-corrected chi connectivity index (χ2v) is 2.59. The van der Waals surface area contributed by atoms with Gasteiger partial charge < -0.3 is 11.5 Å². The van der Waals surface area contributed by atoms with Crippen LogP contribution in [0.5, 0.6) is 0 Å². The Bertz CT molecular complexity index is 363. The predicted molar refractivity (Wildman–Crippen MR) is 50.2 cm³/mol. The van der Waals surface area contributed by atoms with Gasteiger partial charge in [0.25, 0.3) is 0 Å². The van der Waals surface area contributed by atoms with Gasteiger partial charge in [0, 0.05) is 5.56 Å². The molecule has 0 radical (unpaired) electrons. The number of benzene rings is 1. The maximum Gasteiger partial charge on any atom is 0.470 e. The zero-order valence-corrected chi connectivity index (χ0v) is 7.99. The van der Waals surface area contributed by atoms with E-state index in [0.717, 1.165) is 0 Å². The minimum Gasteiger partial charge on any atom is -0.366 e. The van der Waals surface area contributed by atoms with E-state index in [0.29, 0.717) is 5.56 Å². The molecule has 88 valence electrons. The van der Waals surface area contributed by atoms with Gasteiger partial charge in [0.1, 0.15) is 0 Å². The van der Waals surface area contributed by atoms with E-state index in [1.54, 1.807) is 24.3 Å². The minimum absolute atomic E-state index is 0.379. The third kappa shape index (κ3) is 5.63. The number of carbonyl (C=O) groups excluding carboxylic acids is 2. The van der Waals surface area contributed by atoms with Crippen molar-refractivity contribution < 1.29 is 22.8 Å². The number of nitrogens with two attached hydrogens (primary N) is 2. The molecule has 0 aliphatic rings. The summed E-state index contributed by atoms with van der Waals surface area (Å²) < 4.78 is 32.1. The largest absolute Gasteiger partial charge is 0.470 e. The lowest BCUT2D eigenvalue weighted by atomic mass is 10.2. The van der Waals surface area contributed by atoms with Gasteiger partial charge in [-0.2, -0.15) is 13.2 Å². The maximum absolute atomic E-state index is 10.7. The van der Waals surface area contributed by atoms with Gasteiger partial charge in [-0.25, -0.2) is 0 Å². The van der Waals surface area contributed by atoms with E-state index in [9.17, 15) is 18.0 Å².